The van der Waals surface area contributed by atoms with Gasteiger partial charge in [0.25, 0.3) is 0 Å². The first-order valence-electron chi connectivity index (χ1n) is 5.66. The van der Waals surface area contributed by atoms with Crippen molar-refractivity contribution < 1.29 is 9.90 Å². The van der Waals surface area contributed by atoms with Crippen LogP contribution in [0.4, 0.5) is 5.69 Å². The van der Waals surface area contributed by atoms with Gasteiger partial charge in [0.15, 0.2) is 4.34 Å². The summed E-state index contributed by atoms with van der Waals surface area (Å²) in [5.41, 5.74) is 7.18. The lowest BCUT2D eigenvalue weighted by molar-refractivity contribution is 0.0696. The predicted molar refractivity (Wildman–Crippen MR) is 79.4 cm³/mol. The van der Waals surface area contributed by atoms with E-state index in [1.165, 1.54) is 24.0 Å². The van der Waals surface area contributed by atoms with E-state index in [9.17, 15) is 4.79 Å². The number of carbonyl (C=O) groups is 1. The quantitative estimate of drug-likeness (QED) is 0.772. The van der Waals surface area contributed by atoms with Gasteiger partial charge in [-0.25, -0.2) is 14.8 Å². The van der Waals surface area contributed by atoms with Crippen LogP contribution in [0.5, 0.6) is 0 Å². The van der Waals surface area contributed by atoms with Crippen LogP contribution in [0, 0.1) is 0 Å². The van der Waals surface area contributed by atoms with Crippen LogP contribution in [-0.2, 0) is 0 Å². The van der Waals surface area contributed by atoms with E-state index in [4.69, 9.17) is 10.8 Å². The van der Waals surface area contributed by atoms with Crippen LogP contribution in [0.2, 0.25) is 0 Å². The number of aromatic nitrogens is 2. The second-order valence-corrected chi connectivity index (χ2v) is 6.24. The zero-order valence-corrected chi connectivity index (χ0v) is 11.7. The number of aromatic carboxylic acids is 1. The minimum Gasteiger partial charge on any atom is -0.478 e. The van der Waals surface area contributed by atoms with E-state index in [0.717, 1.165) is 14.6 Å². The molecule has 3 rings (SSSR count). The summed E-state index contributed by atoms with van der Waals surface area (Å²) in [4.78, 5) is 19.4. The van der Waals surface area contributed by atoms with Crippen LogP contribution in [0.25, 0.3) is 10.2 Å². The second kappa shape index (κ2) is 5.10. The Morgan fingerprint density at radius 1 is 1.35 bits per heavy atom. The van der Waals surface area contributed by atoms with Gasteiger partial charge >= 0.3 is 5.97 Å². The van der Waals surface area contributed by atoms with Crippen molar-refractivity contribution in [2.45, 2.75) is 9.37 Å². The van der Waals surface area contributed by atoms with E-state index in [-0.39, 0.29) is 5.56 Å². The lowest BCUT2D eigenvalue weighted by Crippen LogP contribution is -2.00. The Labute approximate surface area is 122 Å². The maximum atomic E-state index is 10.8. The third-order valence-electron chi connectivity index (χ3n) is 2.58. The van der Waals surface area contributed by atoms with Crippen LogP contribution in [0.15, 0.2) is 45.9 Å². The maximum Gasteiger partial charge on any atom is 0.337 e. The highest BCUT2D eigenvalue weighted by Gasteiger charge is 2.11. The number of hydrogen-bond acceptors (Lipinski definition) is 6. The van der Waals surface area contributed by atoms with Crippen molar-refractivity contribution in [1.29, 1.82) is 0 Å². The van der Waals surface area contributed by atoms with Crippen LogP contribution < -0.4 is 5.73 Å². The van der Waals surface area contributed by atoms with Crippen molar-refractivity contribution in [1.82, 2.24) is 9.97 Å². The van der Waals surface area contributed by atoms with Crippen LogP contribution in [-0.4, -0.2) is 21.0 Å². The number of fused-ring (bicyclic) bond motifs is 1. The number of carboxylic acids is 1. The smallest absolute Gasteiger partial charge is 0.337 e. The van der Waals surface area contributed by atoms with Crippen molar-refractivity contribution in [3.05, 3.63) is 42.1 Å². The molecule has 20 heavy (non-hydrogen) atoms. The molecular formula is C13H9N3O2S2. The van der Waals surface area contributed by atoms with Crippen molar-refractivity contribution in [3.63, 3.8) is 0 Å². The molecule has 3 aromatic rings. The molecule has 0 bridgehead atoms. The molecule has 5 nitrogen and oxygen atoms in total. The summed E-state index contributed by atoms with van der Waals surface area (Å²) in [6, 6.07) is 9.25. The summed E-state index contributed by atoms with van der Waals surface area (Å²) >= 11 is 2.89. The standard InChI is InChI=1S/C13H9N3O2S2/c14-8-5-7(12(17)18)6-15-11(8)20-13-16-9-3-1-2-4-10(9)19-13/h1-6H,14H2,(H,17,18). The maximum absolute atomic E-state index is 10.8. The number of nitrogens with two attached hydrogens (primary N) is 1. The zero-order chi connectivity index (χ0) is 14.1. The van der Waals surface area contributed by atoms with Gasteiger partial charge in [-0.3, -0.25) is 0 Å². The zero-order valence-electron chi connectivity index (χ0n) is 10.1. The minimum atomic E-state index is -1.04. The van der Waals surface area contributed by atoms with E-state index < -0.39 is 5.97 Å². The topological polar surface area (TPSA) is 89.1 Å². The fourth-order valence-corrected chi connectivity index (χ4v) is 3.61. The molecule has 0 atom stereocenters. The average molecular weight is 303 g/mol. The molecule has 1 aromatic carbocycles. The van der Waals surface area contributed by atoms with Gasteiger partial charge < -0.3 is 10.8 Å². The summed E-state index contributed by atoms with van der Waals surface area (Å²) in [5, 5.41) is 9.44. The molecule has 0 saturated carbocycles. The number of thiazole rings is 1. The van der Waals surface area contributed by atoms with E-state index in [1.807, 2.05) is 24.3 Å². The lowest BCUT2D eigenvalue weighted by atomic mass is 10.3. The highest BCUT2D eigenvalue weighted by atomic mass is 32.2. The van der Waals surface area contributed by atoms with Gasteiger partial charge in [0.1, 0.15) is 5.03 Å². The SMILES string of the molecule is Nc1cc(C(=O)O)cnc1Sc1nc2ccccc2s1. The Bertz CT molecular complexity index is 768. The molecule has 0 saturated heterocycles. The van der Waals surface area contributed by atoms with Crippen LogP contribution in [0.1, 0.15) is 10.4 Å². The van der Waals surface area contributed by atoms with E-state index in [1.54, 1.807) is 11.3 Å². The van der Waals surface area contributed by atoms with Crippen LogP contribution >= 0.6 is 23.1 Å². The first-order valence-corrected chi connectivity index (χ1v) is 7.29. The van der Waals surface area contributed by atoms with Crippen molar-refractivity contribution >= 4 is 45.0 Å². The number of anilines is 1. The van der Waals surface area contributed by atoms with Gasteiger partial charge in [0.2, 0.25) is 0 Å². The molecule has 0 fully saturated rings. The van der Waals surface area contributed by atoms with Crippen LogP contribution in [0.3, 0.4) is 0 Å². The van der Waals surface area contributed by atoms with Crippen molar-refractivity contribution in [2.75, 3.05) is 5.73 Å². The summed E-state index contributed by atoms with van der Waals surface area (Å²) < 4.78 is 1.92. The summed E-state index contributed by atoms with van der Waals surface area (Å²) in [6.45, 7) is 0. The number of carboxylic acid groups (broad SMARTS) is 1. The lowest BCUT2D eigenvalue weighted by Gasteiger charge is -2.02. The minimum absolute atomic E-state index is 0.0798. The molecule has 0 unspecified atom stereocenters. The molecule has 100 valence electrons. The molecular weight excluding hydrogens is 294 g/mol. The Morgan fingerprint density at radius 2 is 2.15 bits per heavy atom. The number of para-hydroxylation sites is 1. The van der Waals surface area contributed by atoms with E-state index >= 15 is 0 Å². The van der Waals surface area contributed by atoms with Gasteiger partial charge in [-0.2, -0.15) is 0 Å². The highest BCUT2D eigenvalue weighted by Crippen LogP contribution is 2.35. The van der Waals surface area contributed by atoms with Gasteiger partial charge in [-0.1, -0.05) is 12.1 Å². The second-order valence-electron chi connectivity index (χ2n) is 3.97. The molecule has 0 spiro atoms. The number of benzene rings is 1. The van der Waals surface area contributed by atoms with Gasteiger partial charge in [-0.05, 0) is 30.0 Å². The van der Waals surface area contributed by atoms with E-state index in [2.05, 4.69) is 9.97 Å². The molecule has 0 amide bonds. The molecule has 7 heteroatoms. The van der Waals surface area contributed by atoms with Gasteiger partial charge in [-0.15, -0.1) is 11.3 Å². The monoisotopic (exact) mass is 303 g/mol. The summed E-state index contributed by atoms with van der Waals surface area (Å²) in [7, 11) is 0. The first-order chi connectivity index (χ1) is 9.63. The average Bonchev–Trinajstić information content (AvgIpc) is 2.83. The third kappa shape index (κ3) is 2.45. The third-order valence-corrected chi connectivity index (χ3v) is 4.72. The Hall–Kier alpha value is -2.12. The molecule has 0 aliphatic heterocycles. The summed E-state index contributed by atoms with van der Waals surface area (Å²) in [5.74, 6) is -1.04. The molecule has 0 aliphatic rings. The highest BCUT2D eigenvalue weighted by molar-refractivity contribution is 8.01. The fraction of sp³-hybridized carbons (Fsp3) is 0. The molecule has 0 aliphatic carbocycles. The van der Waals surface area contributed by atoms with Gasteiger partial charge in [0.05, 0.1) is 21.5 Å². The van der Waals surface area contributed by atoms with Crippen molar-refractivity contribution in [3.8, 4) is 0 Å². The van der Waals surface area contributed by atoms with Gasteiger partial charge in [0, 0.05) is 6.20 Å². The number of rotatable bonds is 3. The predicted octanol–water partition coefficient (Wildman–Crippen LogP) is 3.12. The molecule has 2 aromatic heterocycles. The normalized spacial score (nSPS) is 10.8. The fourth-order valence-electron chi connectivity index (χ4n) is 1.65. The molecule has 0 radical (unpaired) electrons. The largest absolute Gasteiger partial charge is 0.478 e. The van der Waals surface area contributed by atoms with E-state index in [0.29, 0.717) is 10.7 Å². The Morgan fingerprint density at radius 3 is 2.85 bits per heavy atom. The Kier molecular flexibility index (Phi) is 3.29. The summed E-state index contributed by atoms with van der Waals surface area (Å²) in [6.07, 6.45) is 1.30. The number of nitrogen functional groups attached to an aromatic ring is 1. The Balaban J connectivity index is 1.92. The molecule has 2 heterocycles. The number of hydrogen-bond donors (Lipinski definition) is 2. The first kappa shape index (κ1) is 12.9. The number of pyridine rings is 1. The molecule has 3 N–H and O–H groups in total. The number of nitrogens with zero attached hydrogens (tertiary/aromatic N) is 2. The van der Waals surface area contributed by atoms with Crippen molar-refractivity contribution in [2.24, 2.45) is 0 Å².